The van der Waals surface area contributed by atoms with Crippen molar-refractivity contribution in [2.45, 2.75) is 32.9 Å². The van der Waals surface area contributed by atoms with E-state index in [1.54, 1.807) is 12.1 Å². The lowest BCUT2D eigenvalue weighted by Crippen LogP contribution is -2.45. The molecule has 1 fully saturated rings. The van der Waals surface area contributed by atoms with Gasteiger partial charge in [-0.15, -0.1) is 24.0 Å². The number of guanidine groups is 1. The summed E-state index contributed by atoms with van der Waals surface area (Å²) in [6, 6.07) is 4.51. The van der Waals surface area contributed by atoms with Crippen LogP contribution >= 0.6 is 35.6 Å². The highest BCUT2D eigenvalue weighted by molar-refractivity contribution is 14.0. The van der Waals surface area contributed by atoms with Crippen LogP contribution in [0, 0.1) is 5.82 Å². The molecule has 0 bridgehead atoms. The van der Waals surface area contributed by atoms with E-state index in [-0.39, 0.29) is 41.9 Å². The Morgan fingerprint density at radius 1 is 1.46 bits per heavy atom. The molecule has 0 aliphatic carbocycles. The van der Waals surface area contributed by atoms with Gasteiger partial charge >= 0.3 is 0 Å². The summed E-state index contributed by atoms with van der Waals surface area (Å²) in [6.45, 7) is 10.0. The van der Waals surface area contributed by atoms with Gasteiger partial charge in [-0.2, -0.15) is 0 Å². The Morgan fingerprint density at radius 2 is 2.15 bits per heavy atom. The Labute approximate surface area is 177 Å². The van der Waals surface area contributed by atoms with Crippen LogP contribution in [0.25, 0.3) is 0 Å². The SMILES string of the molecule is CCN(CC)C(N)=NCC(c1c(F)cccc1Cl)N1CCOC(C)C1.I. The molecule has 0 radical (unpaired) electrons. The van der Waals surface area contributed by atoms with Crippen molar-refractivity contribution in [1.29, 1.82) is 0 Å². The van der Waals surface area contributed by atoms with Crippen LogP contribution in [0.4, 0.5) is 4.39 Å². The van der Waals surface area contributed by atoms with Crippen molar-refractivity contribution < 1.29 is 9.13 Å². The Bertz CT molecular complexity index is 580. The molecule has 1 aromatic carbocycles. The zero-order valence-corrected chi connectivity index (χ0v) is 18.7. The molecule has 2 rings (SSSR count). The number of morpholine rings is 1. The van der Waals surface area contributed by atoms with Crippen LogP contribution in [0.15, 0.2) is 23.2 Å². The van der Waals surface area contributed by atoms with Gasteiger partial charge < -0.3 is 15.4 Å². The largest absolute Gasteiger partial charge is 0.376 e. The summed E-state index contributed by atoms with van der Waals surface area (Å²) in [5.74, 6) is 0.164. The van der Waals surface area contributed by atoms with E-state index in [2.05, 4.69) is 9.89 Å². The molecule has 2 unspecified atom stereocenters. The molecule has 2 N–H and O–H groups in total. The molecule has 0 spiro atoms. The first-order valence-electron chi connectivity index (χ1n) is 8.82. The maximum Gasteiger partial charge on any atom is 0.191 e. The Morgan fingerprint density at radius 3 is 2.73 bits per heavy atom. The number of hydrogen-bond donors (Lipinski definition) is 1. The molecule has 5 nitrogen and oxygen atoms in total. The Hall–Kier alpha value is -0.640. The number of aliphatic imine (C=N–C) groups is 1. The van der Waals surface area contributed by atoms with Crippen molar-refractivity contribution in [2.75, 3.05) is 39.3 Å². The number of benzene rings is 1. The number of halogens is 3. The molecule has 0 saturated carbocycles. The molecule has 1 aliphatic heterocycles. The number of hydrogen-bond acceptors (Lipinski definition) is 3. The van der Waals surface area contributed by atoms with Crippen molar-refractivity contribution in [1.82, 2.24) is 9.80 Å². The van der Waals surface area contributed by atoms with E-state index in [1.807, 2.05) is 25.7 Å². The Balaban J connectivity index is 0.00000338. The summed E-state index contributed by atoms with van der Waals surface area (Å²) in [5, 5.41) is 0.417. The minimum Gasteiger partial charge on any atom is -0.376 e. The second-order valence-corrected chi connectivity index (χ2v) is 6.61. The monoisotopic (exact) mass is 498 g/mol. The second-order valence-electron chi connectivity index (χ2n) is 6.20. The standard InChI is InChI=1S/C18H28ClFN4O.HI/c1-4-23(5-2)18(21)22-11-16(24-9-10-25-13(3)12-24)17-14(19)7-6-8-15(17)20;/h6-8,13,16H,4-5,9-12H2,1-3H3,(H2,21,22);1H. The maximum absolute atomic E-state index is 14.5. The van der Waals surface area contributed by atoms with Gasteiger partial charge in [0, 0.05) is 36.8 Å². The van der Waals surface area contributed by atoms with Gasteiger partial charge in [0.25, 0.3) is 0 Å². The van der Waals surface area contributed by atoms with E-state index in [0.29, 0.717) is 42.8 Å². The van der Waals surface area contributed by atoms with E-state index in [9.17, 15) is 4.39 Å². The number of nitrogens with zero attached hydrogens (tertiary/aromatic N) is 3. The summed E-state index contributed by atoms with van der Waals surface area (Å²) in [5.41, 5.74) is 6.59. The molecule has 0 amide bonds. The number of rotatable bonds is 6. The lowest BCUT2D eigenvalue weighted by molar-refractivity contribution is -0.0337. The molecule has 26 heavy (non-hydrogen) atoms. The van der Waals surface area contributed by atoms with Gasteiger partial charge in [0.1, 0.15) is 5.82 Å². The van der Waals surface area contributed by atoms with Crippen molar-refractivity contribution in [3.05, 3.63) is 34.6 Å². The normalized spacial score (nSPS) is 19.7. The summed E-state index contributed by atoms with van der Waals surface area (Å²) < 4.78 is 20.2. The average Bonchev–Trinajstić information content (AvgIpc) is 2.58. The van der Waals surface area contributed by atoms with E-state index >= 15 is 0 Å². The summed E-state index contributed by atoms with van der Waals surface area (Å²) in [7, 11) is 0. The van der Waals surface area contributed by atoms with E-state index in [1.165, 1.54) is 6.07 Å². The van der Waals surface area contributed by atoms with Crippen LogP contribution in [0.3, 0.4) is 0 Å². The molecule has 8 heteroatoms. The summed E-state index contributed by atoms with van der Waals surface area (Å²) in [6.07, 6.45) is 0.0888. The molecule has 1 heterocycles. The zero-order chi connectivity index (χ0) is 18.4. The highest BCUT2D eigenvalue weighted by atomic mass is 127. The van der Waals surface area contributed by atoms with Crippen molar-refractivity contribution >= 4 is 41.5 Å². The average molecular weight is 499 g/mol. The van der Waals surface area contributed by atoms with Crippen LogP contribution in [0.1, 0.15) is 32.4 Å². The maximum atomic E-state index is 14.5. The van der Waals surface area contributed by atoms with E-state index in [0.717, 1.165) is 13.1 Å². The quantitative estimate of drug-likeness (QED) is 0.370. The van der Waals surface area contributed by atoms with Crippen LogP contribution < -0.4 is 5.73 Å². The van der Waals surface area contributed by atoms with Gasteiger partial charge in [-0.05, 0) is 32.9 Å². The molecule has 1 aliphatic rings. The van der Waals surface area contributed by atoms with Crippen LogP contribution in [0.2, 0.25) is 5.02 Å². The minimum atomic E-state index is -0.312. The molecule has 0 aromatic heterocycles. The van der Waals surface area contributed by atoms with Crippen molar-refractivity contribution in [3.8, 4) is 0 Å². The summed E-state index contributed by atoms with van der Waals surface area (Å²) in [4.78, 5) is 8.69. The van der Waals surface area contributed by atoms with E-state index < -0.39 is 0 Å². The predicted octanol–water partition coefficient (Wildman–Crippen LogP) is 3.52. The fourth-order valence-electron chi connectivity index (χ4n) is 3.17. The van der Waals surface area contributed by atoms with Crippen molar-refractivity contribution in [3.63, 3.8) is 0 Å². The van der Waals surface area contributed by atoms with Gasteiger partial charge in [0.2, 0.25) is 0 Å². The first-order valence-corrected chi connectivity index (χ1v) is 9.20. The fourth-order valence-corrected chi connectivity index (χ4v) is 3.46. The lowest BCUT2D eigenvalue weighted by Gasteiger charge is -2.37. The molecular weight excluding hydrogens is 470 g/mol. The first-order chi connectivity index (χ1) is 12.0. The first kappa shape index (κ1) is 23.4. The van der Waals surface area contributed by atoms with Gasteiger partial charge in [0.15, 0.2) is 5.96 Å². The smallest absolute Gasteiger partial charge is 0.191 e. The number of nitrogens with two attached hydrogens (primary N) is 1. The van der Waals surface area contributed by atoms with E-state index in [4.69, 9.17) is 22.1 Å². The number of ether oxygens (including phenoxy) is 1. The van der Waals surface area contributed by atoms with Gasteiger partial charge in [-0.3, -0.25) is 9.89 Å². The highest BCUT2D eigenvalue weighted by Crippen LogP contribution is 2.31. The topological polar surface area (TPSA) is 54.1 Å². The fraction of sp³-hybridized carbons (Fsp3) is 0.611. The molecular formula is C18H29ClFIN4O. The van der Waals surface area contributed by atoms with Gasteiger partial charge in [-0.25, -0.2) is 4.39 Å². The predicted molar refractivity (Wildman–Crippen MR) is 116 cm³/mol. The lowest BCUT2D eigenvalue weighted by atomic mass is 10.0. The van der Waals surface area contributed by atoms with Gasteiger partial charge in [-0.1, -0.05) is 17.7 Å². The van der Waals surface area contributed by atoms with Crippen LogP contribution in [-0.4, -0.2) is 61.2 Å². The van der Waals surface area contributed by atoms with Gasteiger partial charge in [0.05, 0.1) is 25.3 Å². The third-order valence-electron chi connectivity index (χ3n) is 4.56. The molecule has 2 atom stereocenters. The second kappa shape index (κ2) is 11.3. The molecule has 148 valence electrons. The summed E-state index contributed by atoms with van der Waals surface area (Å²) >= 11 is 6.32. The van der Waals surface area contributed by atoms with Crippen LogP contribution in [0.5, 0.6) is 0 Å². The third kappa shape index (κ3) is 5.94. The van der Waals surface area contributed by atoms with Crippen LogP contribution in [-0.2, 0) is 4.74 Å². The third-order valence-corrected chi connectivity index (χ3v) is 4.89. The highest BCUT2D eigenvalue weighted by Gasteiger charge is 2.29. The zero-order valence-electron chi connectivity index (χ0n) is 15.6. The van der Waals surface area contributed by atoms with Crippen molar-refractivity contribution in [2.24, 2.45) is 10.7 Å². The minimum absolute atomic E-state index is 0. The molecule has 1 aromatic rings. The molecule has 1 saturated heterocycles. The Kier molecular flexibility index (Phi) is 10.1.